The minimum Gasteiger partial charge on any atom is -0.497 e. The van der Waals surface area contributed by atoms with Gasteiger partial charge in [-0.1, -0.05) is 12.1 Å². The molecule has 19 heavy (non-hydrogen) atoms. The summed E-state index contributed by atoms with van der Waals surface area (Å²) in [6, 6.07) is 10.1. The van der Waals surface area contributed by atoms with Gasteiger partial charge < -0.3 is 15.2 Å². The van der Waals surface area contributed by atoms with E-state index in [0.29, 0.717) is 12.5 Å². The number of hydrogen-bond donors (Lipinski definition) is 1. The SMILES string of the molecule is COc1ccc(CC(CN)c2cccs2)c(OC)c1. The van der Waals surface area contributed by atoms with E-state index < -0.39 is 0 Å². The summed E-state index contributed by atoms with van der Waals surface area (Å²) in [5.74, 6) is 2.00. The van der Waals surface area contributed by atoms with Crippen LogP contribution in [0.4, 0.5) is 0 Å². The largest absolute Gasteiger partial charge is 0.497 e. The molecule has 0 amide bonds. The van der Waals surface area contributed by atoms with Gasteiger partial charge in [-0.05, 0) is 29.5 Å². The molecule has 0 saturated carbocycles. The highest BCUT2D eigenvalue weighted by atomic mass is 32.1. The van der Waals surface area contributed by atoms with E-state index in [9.17, 15) is 0 Å². The van der Waals surface area contributed by atoms with Crippen molar-refractivity contribution < 1.29 is 9.47 Å². The van der Waals surface area contributed by atoms with E-state index >= 15 is 0 Å². The van der Waals surface area contributed by atoms with Gasteiger partial charge in [0.2, 0.25) is 0 Å². The van der Waals surface area contributed by atoms with Gasteiger partial charge in [0.25, 0.3) is 0 Å². The number of rotatable bonds is 6. The zero-order valence-electron chi connectivity index (χ0n) is 11.3. The van der Waals surface area contributed by atoms with Gasteiger partial charge in [-0.3, -0.25) is 0 Å². The standard InChI is InChI=1S/C15H19NO2S/c1-17-13-6-5-11(14(9-13)18-2)8-12(10-16)15-4-3-7-19-15/h3-7,9,12H,8,10,16H2,1-2H3. The molecular weight excluding hydrogens is 258 g/mol. The van der Waals surface area contributed by atoms with Crippen LogP contribution < -0.4 is 15.2 Å². The van der Waals surface area contributed by atoms with Gasteiger partial charge in [-0.25, -0.2) is 0 Å². The second-order valence-electron chi connectivity index (χ2n) is 4.33. The third-order valence-corrected chi connectivity index (χ3v) is 4.23. The van der Waals surface area contributed by atoms with Crippen LogP contribution in [0.15, 0.2) is 35.7 Å². The van der Waals surface area contributed by atoms with Gasteiger partial charge in [0.05, 0.1) is 14.2 Å². The highest BCUT2D eigenvalue weighted by Gasteiger charge is 2.15. The third kappa shape index (κ3) is 3.28. The number of hydrogen-bond acceptors (Lipinski definition) is 4. The van der Waals surface area contributed by atoms with Crippen molar-refractivity contribution in [3.05, 3.63) is 46.2 Å². The van der Waals surface area contributed by atoms with Crippen molar-refractivity contribution in [3.8, 4) is 11.5 Å². The highest BCUT2D eigenvalue weighted by Crippen LogP contribution is 2.30. The summed E-state index contributed by atoms with van der Waals surface area (Å²) in [6.45, 7) is 0.635. The molecule has 1 aromatic carbocycles. The van der Waals surface area contributed by atoms with Crippen LogP contribution in [0.2, 0.25) is 0 Å². The molecule has 0 bridgehead atoms. The Morgan fingerprint density at radius 2 is 2.05 bits per heavy atom. The fourth-order valence-electron chi connectivity index (χ4n) is 2.11. The molecule has 1 atom stereocenters. The monoisotopic (exact) mass is 277 g/mol. The fraction of sp³-hybridized carbons (Fsp3) is 0.333. The molecule has 0 aliphatic rings. The molecule has 0 aliphatic carbocycles. The van der Waals surface area contributed by atoms with Crippen molar-refractivity contribution in [1.29, 1.82) is 0 Å². The molecule has 1 heterocycles. The van der Waals surface area contributed by atoms with Crippen molar-refractivity contribution in [2.75, 3.05) is 20.8 Å². The Morgan fingerprint density at radius 3 is 2.63 bits per heavy atom. The van der Waals surface area contributed by atoms with Crippen molar-refractivity contribution in [3.63, 3.8) is 0 Å². The van der Waals surface area contributed by atoms with Gasteiger partial charge in [0.15, 0.2) is 0 Å². The molecule has 2 N–H and O–H groups in total. The number of nitrogens with two attached hydrogens (primary N) is 1. The molecule has 1 unspecified atom stereocenters. The maximum atomic E-state index is 5.90. The van der Waals surface area contributed by atoms with Crippen molar-refractivity contribution in [2.24, 2.45) is 5.73 Å². The predicted octanol–water partition coefficient (Wildman–Crippen LogP) is 3.05. The molecule has 102 valence electrons. The third-order valence-electron chi connectivity index (χ3n) is 3.19. The van der Waals surface area contributed by atoms with Gasteiger partial charge in [0.1, 0.15) is 11.5 Å². The zero-order chi connectivity index (χ0) is 13.7. The minimum absolute atomic E-state index is 0.335. The summed E-state index contributed by atoms with van der Waals surface area (Å²) in [5, 5.41) is 2.09. The molecule has 3 nitrogen and oxygen atoms in total. The van der Waals surface area contributed by atoms with Crippen LogP contribution in [-0.4, -0.2) is 20.8 Å². The van der Waals surface area contributed by atoms with Gasteiger partial charge in [-0.2, -0.15) is 0 Å². The van der Waals surface area contributed by atoms with Crippen LogP contribution in [-0.2, 0) is 6.42 Å². The lowest BCUT2D eigenvalue weighted by molar-refractivity contribution is 0.390. The fourth-order valence-corrected chi connectivity index (χ4v) is 2.95. The average Bonchev–Trinajstić information content (AvgIpc) is 2.98. The predicted molar refractivity (Wildman–Crippen MR) is 79.4 cm³/mol. The lowest BCUT2D eigenvalue weighted by Crippen LogP contribution is -2.14. The van der Waals surface area contributed by atoms with E-state index in [4.69, 9.17) is 15.2 Å². The first kappa shape index (κ1) is 13.9. The Hall–Kier alpha value is -1.52. The summed E-state index contributed by atoms with van der Waals surface area (Å²) in [5.41, 5.74) is 7.06. The zero-order valence-corrected chi connectivity index (χ0v) is 12.1. The normalized spacial score (nSPS) is 12.2. The Balaban J connectivity index is 2.22. The van der Waals surface area contributed by atoms with E-state index in [0.717, 1.165) is 23.5 Å². The first-order valence-corrected chi connectivity index (χ1v) is 7.10. The van der Waals surface area contributed by atoms with Gasteiger partial charge in [-0.15, -0.1) is 11.3 Å². The number of thiophene rings is 1. The van der Waals surface area contributed by atoms with Gasteiger partial charge in [0, 0.05) is 23.4 Å². The molecule has 1 aromatic heterocycles. The topological polar surface area (TPSA) is 44.5 Å². The van der Waals surface area contributed by atoms with E-state index in [2.05, 4.69) is 17.5 Å². The lowest BCUT2D eigenvalue weighted by Gasteiger charge is -2.16. The summed E-state index contributed by atoms with van der Waals surface area (Å²) < 4.78 is 10.6. The molecular formula is C15H19NO2S. The highest BCUT2D eigenvalue weighted by molar-refractivity contribution is 7.10. The molecule has 0 spiro atoms. The van der Waals surface area contributed by atoms with Crippen LogP contribution in [0.25, 0.3) is 0 Å². The maximum Gasteiger partial charge on any atom is 0.125 e. The van der Waals surface area contributed by atoms with Crippen LogP contribution >= 0.6 is 11.3 Å². The Morgan fingerprint density at radius 1 is 1.21 bits per heavy atom. The number of ether oxygens (including phenoxy) is 2. The van der Waals surface area contributed by atoms with Crippen LogP contribution in [0.3, 0.4) is 0 Å². The number of benzene rings is 1. The maximum absolute atomic E-state index is 5.90. The first-order chi connectivity index (χ1) is 9.28. The summed E-state index contributed by atoms with van der Waals surface area (Å²) in [7, 11) is 3.34. The molecule has 0 radical (unpaired) electrons. The molecule has 4 heteroatoms. The Bertz CT molecular complexity index is 511. The molecule has 0 saturated heterocycles. The quantitative estimate of drug-likeness (QED) is 0.882. The molecule has 0 aliphatic heterocycles. The second kappa shape index (κ2) is 6.59. The molecule has 2 rings (SSSR count). The summed E-state index contributed by atoms with van der Waals surface area (Å²) in [6.07, 6.45) is 0.879. The second-order valence-corrected chi connectivity index (χ2v) is 5.31. The summed E-state index contributed by atoms with van der Waals surface area (Å²) >= 11 is 1.75. The van der Waals surface area contributed by atoms with E-state index in [1.165, 1.54) is 4.88 Å². The van der Waals surface area contributed by atoms with Crippen molar-refractivity contribution in [2.45, 2.75) is 12.3 Å². The van der Waals surface area contributed by atoms with Crippen LogP contribution in [0.5, 0.6) is 11.5 Å². The Kier molecular flexibility index (Phi) is 4.82. The van der Waals surface area contributed by atoms with E-state index in [1.807, 2.05) is 18.2 Å². The summed E-state index contributed by atoms with van der Waals surface area (Å²) in [4.78, 5) is 1.32. The molecule has 2 aromatic rings. The minimum atomic E-state index is 0.335. The van der Waals surface area contributed by atoms with Crippen molar-refractivity contribution in [1.82, 2.24) is 0 Å². The Labute approximate surface area is 118 Å². The smallest absolute Gasteiger partial charge is 0.125 e. The lowest BCUT2D eigenvalue weighted by atomic mass is 9.97. The van der Waals surface area contributed by atoms with Crippen LogP contribution in [0, 0.1) is 0 Å². The van der Waals surface area contributed by atoms with E-state index in [1.54, 1.807) is 25.6 Å². The van der Waals surface area contributed by atoms with E-state index in [-0.39, 0.29) is 0 Å². The first-order valence-electron chi connectivity index (χ1n) is 6.22. The van der Waals surface area contributed by atoms with Gasteiger partial charge >= 0.3 is 0 Å². The van der Waals surface area contributed by atoms with Crippen LogP contribution in [0.1, 0.15) is 16.4 Å². The van der Waals surface area contributed by atoms with Crippen molar-refractivity contribution >= 4 is 11.3 Å². The molecule has 0 fully saturated rings. The average molecular weight is 277 g/mol. The number of methoxy groups -OCH3 is 2.